The third kappa shape index (κ3) is 2.57. The Kier molecular flexibility index (Phi) is 3.87. The van der Waals surface area contributed by atoms with Gasteiger partial charge in [-0.2, -0.15) is 0 Å². The molecule has 0 spiro atoms. The Balaban J connectivity index is 1.98. The fourth-order valence-electron chi connectivity index (χ4n) is 2.44. The molecule has 0 unspecified atom stereocenters. The van der Waals surface area contributed by atoms with E-state index in [-0.39, 0.29) is 12.0 Å². The summed E-state index contributed by atoms with van der Waals surface area (Å²) in [5.41, 5.74) is 3.23. The summed E-state index contributed by atoms with van der Waals surface area (Å²) in [5.74, 6) is -0.338. The Bertz CT molecular complexity index is 796. The van der Waals surface area contributed by atoms with Crippen molar-refractivity contribution in [2.75, 3.05) is 6.61 Å². The highest BCUT2D eigenvalue weighted by Crippen LogP contribution is 2.22. The fourth-order valence-corrected chi connectivity index (χ4v) is 2.44. The summed E-state index contributed by atoms with van der Waals surface area (Å²) in [6.45, 7) is 4.21. The molecule has 112 valence electrons. The van der Waals surface area contributed by atoms with Gasteiger partial charge in [0.2, 0.25) is 0 Å². The summed E-state index contributed by atoms with van der Waals surface area (Å²) in [4.78, 5) is 11.8. The van der Waals surface area contributed by atoms with Crippen molar-refractivity contribution in [3.8, 4) is 0 Å². The Morgan fingerprint density at radius 2 is 2.00 bits per heavy atom. The average molecular weight is 295 g/mol. The molecule has 3 rings (SSSR count). The van der Waals surface area contributed by atoms with Crippen LogP contribution in [0.2, 0.25) is 0 Å². The Labute approximate surface area is 128 Å². The van der Waals surface area contributed by atoms with E-state index in [4.69, 9.17) is 4.74 Å². The van der Waals surface area contributed by atoms with Gasteiger partial charge in [0.1, 0.15) is 5.52 Å². The van der Waals surface area contributed by atoms with Crippen LogP contribution in [0.25, 0.3) is 11.0 Å². The average Bonchev–Trinajstić information content (AvgIpc) is 2.98. The van der Waals surface area contributed by atoms with Gasteiger partial charge >= 0.3 is 5.97 Å². The van der Waals surface area contributed by atoms with Gasteiger partial charge in [-0.25, -0.2) is 9.48 Å². The molecule has 0 aliphatic carbocycles. The molecule has 3 aromatic rings. The standard InChI is InChI=1S/C17H17N3O2/c1-3-22-17(21)14-9-10-16-15(11-14)18-19-20(16)12(2)13-7-5-4-6-8-13/h4-12H,3H2,1-2H3/t12-/m1/s1. The van der Waals surface area contributed by atoms with Gasteiger partial charge in [-0.15, -0.1) is 5.10 Å². The first-order chi connectivity index (χ1) is 10.7. The molecule has 5 nitrogen and oxygen atoms in total. The van der Waals surface area contributed by atoms with E-state index in [0.717, 1.165) is 11.1 Å². The molecule has 0 radical (unpaired) electrons. The number of aromatic nitrogens is 3. The van der Waals surface area contributed by atoms with Gasteiger partial charge in [-0.3, -0.25) is 0 Å². The van der Waals surface area contributed by atoms with E-state index < -0.39 is 0 Å². The zero-order valence-electron chi connectivity index (χ0n) is 12.6. The summed E-state index contributed by atoms with van der Waals surface area (Å²) in [5, 5.41) is 8.41. The molecule has 1 atom stereocenters. The van der Waals surface area contributed by atoms with Crippen LogP contribution in [0.4, 0.5) is 0 Å². The number of carbonyl (C=O) groups is 1. The lowest BCUT2D eigenvalue weighted by atomic mass is 10.1. The maximum absolute atomic E-state index is 11.8. The first-order valence-corrected chi connectivity index (χ1v) is 7.27. The van der Waals surface area contributed by atoms with Crippen molar-refractivity contribution in [2.24, 2.45) is 0 Å². The number of hydrogen-bond donors (Lipinski definition) is 0. The van der Waals surface area contributed by atoms with Crippen molar-refractivity contribution in [3.63, 3.8) is 0 Å². The maximum atomic E-state index is 11.8. The first-order valence-electron chi connectivity index (χ1n) is 7.27. The summed E-state index contributed by atoms with van der Waals surface area (Å²) < 4.78 is 6.87. The van der Waals surface area contributed by atoms with E-state index in [1.54, 1.807) is 19.1 Å². The Hall–Kier alpha value is -2.69. The lowest BCUT2D eigenvalue weighted by molar-refractivity contribution is 0.0526. The molecule has 0 fully saturated rings. The minimum absolute atomic E-state index is 0.0691. The van der Waals surface area contributed by atoms with Gasteiger partial charge in [0.25, 0.3) is 0 Å². The number of benzene rings is 2. The fraction of sp³-hybridized carbons (Fsp3) is 0.235. The summed E-state index contributed by atoms with van der Waals surface area (Å²) in [7, 11) is 0. The van der Waals surface area contributed by atoms with Crippen molar-refractivity contribution in [2.45, 2.75) is 19.9 Å². The van der Waals surface area contributed by atoms with Crippen LogP contribution in [0.15, 0.2) is 48.5 Å². The molecule has 0 aliphatic heterocycles. The molecule has 0 amide bonds. The topological polar surface area (TPSA) is 57.0 Å². The Morgan fingerprint density at radius 1 is 1.23 bits per heavy atom. The molecular formula is C17H17N3O2. The first kappa shape index (κ1) is 14.3. The minimum atomic E-state index is -0.338. The van der Waals surface area contributed by atoms with Crippen LogP contribution < -0.4 is 0 Å². The predicted octanol–water partition coefficient (Wildman–Crippen LogP) is 3.22. The molecule has 0 saturated heterocycles. The largest absolute Gasteiger partial charge is 0.462 e. The Morgan fingerprint density at radius 3 is 2.73 bits per heavy atom. The normalized spacial score (nSPS) is 12.3. The second kappa shape index (κ2) is 5.97. The van der Waals surface area contributed by atoms with E-state index in [2.05, 4.69) is 29.4 Å². The number of carbonyl (C=O) groups excluding carboxylic acids is 1. The van der Waals surface area contributed by atoms with Gasteiger partial charge in [0.15, 0.2) is 0 Å². The number of nitrogens with zero attached hydrogens (tertiary/aromatic N) is 3. The van der Waals surface area contributed by atoms with Crippen LogP contribution in [0, 0.1) is 0 Å². The molecule has 2 aromatic carbocycles. The van der Waals surface area contributed by atoms with Crippen LogP contribution in [0.1, 0.15) is 35.8 Å². The van der Waals surface area contributed by atoms with Gasteiger partial charge in [0, 0.05) is 0 Å². The highest BCUT2D eigenvalue weighted by molar-refractivity contribution is 5.93. The SMILES string of the molecule is CCOC(=O)c1ccc2c(c1)nnn2[C@H](C)c1ccccc1. The third-order valence-electron chi connectivity index (χ3n) is 3.63. The van der Waals surface area contributed by atoms with Crippen LogP contribution >= 0.6 is 0 Å². The lowest BCUT2D eigenvalue weighted by Crippen LogP contribution is -2.08. The van der Waals surface area contributed by atoms with E-state index in [0.29, 0.717) is 17.7 Å². The van der Waals surface area contributed by atoms with E-state index >= 15 is 0 Å². The molecule has 0 saturated carbocycles. The van der Waals surface area contributed by atoms with Gasteiger partial charge < -0.3 is 4.74 Å². The quantitative estimate of drug-likeness (QED) is 0.693. The van der Waals surface area contributed by atoms with Crippen LogP contribution in [-0.2, 0) is 4.74 Å². The highest BCUT2D eigenvalue weighted by atomic mass is 16.5. The highest BCUT2D eigenvalue weighted by Gasteiger charge is 2.15. The molecule has 0 bridgehead atoms. The lowest BCUT2D eigenvalue weighted by Gasteiger charge is -2.12. The van der Waals surface area contributed by atoms with Crippen molar-refractivity contribution in [1.82, 2.24) is 15.0 Å². The zero-order valence-corrected chi connectivity index (χ0v) is 12.6. The molecule has 22 heavy (non-hydrogen) atoms. The summed E-state index contributed by atoms with van der Waals surface area (Å²) in [6, 6.07) is 15.5. The number of fused-ring (bicyclic) bond motifs is 1. The van der Waals surface area contributed by atoms with Crippen molar-refractivity contribution in [1.29, 1.82) is 0 Å². The number of esters is 1. The maximum Gasteiger partial charge on any atom is 0.338 e. The predicted molar refractivity (Wildman–Crippen MR) is 83.7 cm³/mol. The number of ether oxygens (including phenoxy) is 1. The van der Waals surface area contributed by atoms with Gasteiger partial charge in [-0.1, -0.05) is 35.5 Å². The summed E-state index contributed by atoms with van der Waals surface area (Å²) in [6.07, 6.45) is 0. The number of rotatable bonds is 4. The van der Waals surface area contributed by atoms with Gasteiger partial charge in [0.05, 0.1) is 23.7 Å². The zero-order chi connectivity index (χ0) is 15.5. The molecule has 0 aliphatic rings. The summed E-state index contributed by atoms with van der Waals surface area (Å²) >= 11 is 0. The van der Waals surface area contributed by atoms with Crippen molar-refractivity contribution < 1.29 is 9.53 Å². The smallest absolute Gasteiger partial charge is 0.338 e. The van der Waals surface area contributed by atoms with E-state index in [1.807, 2.05) is 28.9 Å². The second-order valence-corrected chi connectivity index (χ2v) is 5.04. The molecule has 5 heteroatoms. The third-order valence-corrected chi connectivity index (χ3v) is 3.63. The molecule has 1 aromatic heterocycles. The molecule has 1 heterocycles. The van der Waals surface area contributed by atoms with Crippen LogP contribution in [0.3, 0.4) is 0 Å². The monoisotopic (exact) mass is 295 g/mol. The number of hydrogen-bond acceptors (Lipinski definition) is 4. The second-order valence-electron chi connectivity index (χ2n) is 5.04. The van der Waals surface area contributed by atoms with E-state index in [1.165, 1.54) is 0 Å². The molecular weight excluding hydrogens is 278 g/mol. The molecule has 0 N–H and O–H groups in total. The van der Waals surface area contributed by atoms with Crippen LogP contribution in [-0.4, -0.2) is 27.6 Å². The van der Waals surface area contributed by atoms with Crippen LogP contribution in [0.5, 0.6) is 0 Å². The van der Waals surface area contributed by atoms with Crippen molar-refractivity contribution >= 4 is 17.0 Å². The van der Waals surface area contributed by atoms with Crippen molar-refractivity contribution in [3.05, 3.63) is 59.7 Å². The van der Waals surface area contributed by atoms with Gasteiger partial charge in [-0.05, 0) is 37.6 Å². The minimum Gasteiger partial charge on any atom is -0.462 e. The van der Waals surface area contributed by atoms with E-state index in [9.17, 15) is 4.79 Å².